The van der Waals surface area contributed by atoms with E-state index >= 15 is 0 Å². The van der Waals surface area contributed by atoms with Crippen molar-refractivity contribution in [3.05, 3.63) is 106 Å². The van der Waals surface area contributed by atoms with Crippen LogP contribution in [0.4, 0.5) is 0 Å². The van der Waals surface area contributed by atoms with Gasteiger partial charge in [-0.05, 0) is 75.6 Å². The van der Waals surface area contributed by atoms with E-state index in [1.807, 2.05) is 79.7 Å². The number of likely N-dealkylation sites (N-methyl/N-ethyl adjacent to an activating group) is 1. The lowest BCUT2D eigenvalue weighted by atomic mass is 9.77. The van der Waals surface area contributed by atoms with Gasteiger partial charge in [-0.1, -0.05) is 131 Å². The van der Waals surface area contributed by atoms with Crippen LogP contribution in [0, 0.1) is 24.7 Å². The zero-order valence-corrected chi connectivity index (χ0v) is 39.8. The van der Waals surface area contributed by atoms with E-state index in [0.29, 0.717) is 67.5 Å². The van der Waals surface area contributed by atoms with Gasteiger partial charge in [0.05, 0.1) is 13.2 Å². The summed E-state index contributed by atoms with van der Waals surface area (Å²) in [6, 6.07) is 19.2. The van der Waals surface area contributed by atoms with E-state index in [4.69, 9.17) is 18.5 Å². The first-order chi connectivity index (χ1) is 32.5. The molecule has 0 bridgehead atoms. The number of amides is 3. The first-order valence-electron chi connectivity index (χ1n) is 24.5. The van der Waals surface area contributed by atoms with Gasteiger partial charge in [-0.3, -0.25) is 24.1 Å². The molecule has 2 saturated carbocycles. The molecule has 15 nitrogen and oxygen atoms in total. The lowest BCUT2D eigenvalue weighted by molar-refractivity contribution is -0.135. The van der Waals surface area contributed by atoms with Crippen LogP contribution in [-0.2, 0) is 38.9 Å². The van der Waals surface area contributed by atoms with E-state index in [2.05, 4.69) is 26.2 Å². The van der Waals surface area contributed by atoms with E-state index in [9.17, 15) is 24.3 Å². The molecule has 67 heavy (non-hydrogen) atoms. The molecule has 2 aliphatic rings. The summed E-state index contributed by atoms with van der Waals surface area (Å²) in [5.41, 5.74) is 7.16. The van der Waals surface area contributed by atoms with Gasteiger partial charge < -0.3 is 24.2 Å². The molecule has 2 heterocycles. The number of aryl methyl sites for hydroxylation is 1. The number of hydrogen-bond acceptors (Lipinski definition) is 11. The molecule has 0 spiro atoms. The number of rotatable bonds is 27. The maximum atomic E-state index is 13.2. The number of benzene rings is 2. The molecule has 2 aromatic heterocycles. The Morgan fingerprint density at radius 3 is 1.84 bits per heavy atom. The normalized spacial score (nSPS) is 17.5. The molecule has 4 N–H and O–H groups in total. The molecule has 0 radical (unpaired) electrons. The third-order valence-electron chi connectivity index (χ3n) is 13.3. The van der Waals surface area contributed by atoms with Crippen LogP contribution >= 0.6 is 0 Å². The topological polar surface area (TPSA) is 198 Å². The van der Waals surface area contributed by atoms with E-state index in [-0.39, 0.29) is 72.9 Å². The number of hydrogen-bond donors (Lipinski definition) is 4. The molecule has 2 unspecified atom stereocenters. The summed E-state index contributed by atoms with van der Waals surface area (Å²) in [7, 11) is 3.87. The zero-order valence-electron chi connectivity index (χ0n) is 39.8. The Kier molecular flexibility index (Phi) is 20.4. The van der Waals surface area contributed by atoms with Crippen LogP contribution in [0.2, 0.25) is 0 Å². The van der Waals surface area contributed by atoms with Gasteiger partial charge in [0.2, 0.25) is 11.8 Å². The number of nitrogens with one attached hydrogen (secondary N) is 3. The lowest BCUT2D eigenvalue weighted by Crippen LogP contribution is -2.31. The summed E-state index contributed by atoms with van der Waals surface area (Å²) >= 11 is 0. The molecule has 364 valence electrons. The number of nitrogens with zero attached hydrogens (tertiary/aromatic N) is 3. The Hall–Kier alpha value is -5.38. The van der Waals surface area contributed by atoms with Crippen molar-refractivity contribution >= 4 is 23.7 Å². The summed E-state index contributed by atoms with van der Waals surface area (Å²) in [5, 5.41) is 13.2. The number of hydroxylamine groups is 2. The Bertz CT molecular complexity index is 2130. The van der Waals surface area contributed by atoms with Crippen LogP contribution in [-0.4, -0.2) is 70.9 Å². The second-order valence-corrected chi connectivity index (χ2v) is 19.0. The third-order valence-corrected chi connectivity index (χ3v) is 13.3. The number of carboxylic acids is 1. The van der Waals surface area contributed by atoms with Gasteiger partial charge >= 0.3 is 5.97 Å². The summed E-state index contributed by atoms with van der Waals surface area (Å²) in [6.07, 6.45) is 15.7. The van der Waals surface area contributed by atoms with Gasteiger partial charge in [-0.15, -0.1) is 0 Å². The van der Waals surface area contributed by atoms with Crippen LogP contribution in [0.25, 0.3) is 0 Å². The van der Waals surface area contributed by atoms with Crippen molar-refractivity contribution in [2.45, 2.75) is 148 Å². The standard InChI is InChI=1S/C52H72N6O9/c1-36-47(49(61)53-28-29-58(2)3)54-50(66-36)42(32-45(59)56-64-34-39-18-9-5-10-19-39)27-15-24-38-23-13-25-41(30-38)31-44-48(52(62)63)55-51(67-44)43(26-14-22-37-16-7-4-8-17-37)33-46(60)57-65-35-40-20-11-6-12-21-40/h5-6,9-12,18-21,37-38,41-43H,4,7-8,13-17,22-35H2,1-3H3,(H,53,61)(H,56,59)(H,57,60)(H,62,63)/t38?,41?,42-,43-/m1/s1. The monoisotopic (exact) mass is 925 g/mol. The maximum Gasteiger partial charge on any atom is 0.358 e. The molecule has 15 heteroatoms. The number of aromatic carboxylic acids is 1. The third kappa shape index (κ3) is 17.0. The van der Waals surface area contributed by atoms with Crippen LogP contribution < -0.4 is 16.3 Å². The molecule has 3 amide bonds. The fourth-order valence-corrected chi connectivity index (χ4v) is 9.73. The first kappa shape index (κ1) is 51.0. The summed E-state index contributed by atoms with van der Waals surface area (Å²) in [5.74, 6) is -0.160. The number of carboxylic acid groups (broad SMARTS) is 1. The molecule has 2 aliphatic carbocycles. The van der Waals surface area contributed by atoms with E-state index in [1.165, 1.54) is 32.1 Å². The van der Waals surface area contributed by atoms with Gasteiger partial charge in [0, 0.05) is 44.2 Å². The molecule has 4 aromatic rings. The van der Waals surface area contributed by atoms with Crippen molar-refractivity contribution in [1.82, 2.24) is 31.1 Å². The van der Waals surface area contributed by atoms with Crippen LogP contribution in [0.3, 0.4) is 0 Å². The highest BCUT2D eigenvalue weighted by molar-refractivity contribution is 5.93. The quantitative estimate of drug-likeness (QED) is 0.0414. The van der Waals surface area contributed by atoms with Crippen molar-refractivity contribution in [2.75, 3.05) is 27.2 Å². The minimum absolute atomic E-state index is 0.0689. The SMILES string of the molecule is Cc1oc([C@H](CCCC2CCCC(Cc3oc([C@H](CCCC4CCCCC4)CC(=O)NOCc4ccccc4)nc3C(=O)O)C2)CC(=O)NOCc2ccccc2)nc1C(=O)NCCN(C)C. The highest BCUT2D eigenvalue weighted by Crippen LogP contribution is 2.38. The van der Waals surface area contributed by atoms with Crippen LogP contribution in [0.5, 0.6) is 0 Å². The first-order valence-corrected chi connectivity index (χ1v) is 24.5. The molecule has 6 rings (SSSR count). The van der Waals surface area contributed by atoms with Crippen molar-refractivity contribution in [3.63, 3.8) is 0 Å². The Balaban J connectivity index is 1.07. The van der Waals surface area contributed by atoms with Crippen LogP contribution in [0.1, 0.15) is 176 Å². The summed E-state index contributed by atoms with van der Waals surface area (Å²) in [4.78, 5) is 74.4. The Morgan fingerprint density at radius 2 is 1.25 bits per heavy atom. The molecular formula is C52H72N6O9. The second-order valence-electron chi connectivity index (χ2n) is 19.0. The van der Waals surface area contributed by atoms with Gasteiger partial charge in [0.15, 0.2) is 23.2 Å². The van der Waals surface area contributed by atoms with Crippen molar-refractivity contribution < 1.29 is 42.8 Å². The minimum atomic E-state index is -1.13. The van der Waals surface area contributed by atoms with Crippen molar-refractivity contribution in [2.24, 2.45) is 17.8 Å². The predicted molar refractivity (Wildman–Crippen MR) is 252 cm³/mol. The molecule has 4 atom stereocenters. The Labute approximate surface area is 395 Å². The highest BCUT2D eigenvalue weighted by Gasteiger charge is 2.31. The largest absolute Gasteiger partial charge is 0.476 e. The van der Waals surface area contributed by atoms with Crippen molar-refractivity contribution in [3.8, 4) is 0 Å². The van der Waals surface area contributed by atoms with Gasteiger partial charge in [-0.2, -0.15) is 0 Å². The number of aromatic nitrogens is 2. The fraction of sp³-hybridized carbons (Fsp3) is 0.577. The Morgan fingerprint density at radius 1 is 0.716 bits per heavy atom. The molecule has 0 saturated heterocycles. The minimum Gasteiger partial charge on any atom is -0.476 e. The summed E-state index contributed by atoms with van der Waals surface area (Å²) < 4.78 is 12.5. The van der Waals surface area contributed by atoms with Gasteiger partial charge in [-0.25, -0.2) is 25.7 Å². The van der Waals surface area contributed by atoms with E-state index in [0.717, 1.165) is 62.5 Å². The average Bonchev–Trinajstić information content (AvgIpc) is 3.93. The van der Waals surface area contributed by atoms with Crippen LogP contribution in [0.15, 0.2) is 69.5 Å². The predicted octanol–water partition coefficient (Wildman–Crippen LogP) is 9.37. The second kappa shape index (κ2) is 26.8. The van der Waals surface area contributed by atoms with E-state index < -0.39 is 5.97 Å². The van der Waals surface area contributed by atoms with Gasteiger partial charge in [0.25, 0.3) is 5.91 Å². The molecule has 2 fully saturated rings. The smallest absolute Gasteiger partial charge is 0.358 e. The fourth-order valence-electron chi connectivity index (χ4n) is 9.73. The average molecular weight is 925 g/mol. The van der Waals surface area contributed by atoms with E-state index in [1.54, 1.807) is 6.92 Å². The molecule has 0 aliphatic heterocycles. The van der Waals surface area contributed by atoms with Gasteiger partial charge in [0.1, 0.15) is 11.5 Å². The lowest BCUT2D eigenvalue weighted by Gasteiger charge is -2.29. The molecule has 2 aromatic carbocycles. The number of oxazole rings is 2. The number of carbonyl (C=O) groups excluding carboxylic acids is 3. The zero-order chi connectivity index (χ0) is 47.4. The molecular weight excluding hydrogens is 853 g/mol. The highest BCUT2D eigenvalue weighted by atomic mass is 16.7. The maximum absolute atomic E-state index is 13.2. The van der Waals surface area contributed by atoms with Crippen molar-refractivity contribution in [1.29, 1.82) is 0 Å². The number of carbonyl (C=O) groups is 4. The summed E-state index contributed by atoms with van der Waals surface area (Å²) in [6.45, 7) is 3.31.